The minimum absolute atomic E-state index is 0.0419. The number of H-pyrrole nitrogens is 1. The predicted molar refractivity (Wildman–Crippen MR) is 106 cm³/mol. The summed E-state index contributed by atoms with van der Waals surface area (Å²) in [6.45, 7) is 5.22. The van der Waals surface area contributed by atoms with Crippen LogP contribution in [0.5, 0.6) is 0 Å². The van der Waals surface area contributed by atoms with Gasteiger partial charge in [-0.15, -0.1) is 0 Å². The van der Waals surface area contributed by atoms with E-state index in [0.717, 1.165) is 28.9 Å². The fourth-order valence-electron chi connectivity index (χ4n) is 4.04. The van der Waals surface area contributed by atoms with E-state index in [9.17, 15) is 13.5 Å². The largest absolute Gasteiger partial charge is 0.389 e. The minimum atomic E-state index is -3.68. The van der Waals surface area contributed by atoms with Gasteiger partial charge in [0.25, 0.3) is 10.2 Å². The van der Waals surface area contributed by atoms with E-state index in [0.29, 0.717) is 12.3 Å². The molecule has 3 aromatic rings. The smallest absolute Gasteiger partial charge is 0.277 e. The number of hydrogen-bond acceptors (Lipinski definition) is 5. The number of fused-ring (bicyclic) bond motifs is 3. The maximum Gasteiger partial charge on any atom is 0.277 e. The van der Waals surface area contributed by atoms with Crippen LogP contribution in [0.15, 0.2) is 24.7 Å². The Kier molecular flexibility index (Phi) is 4.69. The van der Waals surface area contributed by atoms with Crippen molar-refractivity contribution >= 4 is 27.0 Å². The molecule has 0 aliphatic heterocycles. The van der Waals surface area contributed by atoms with Crippen LogP contribution in [0.4, 0.5) is 0 Å². The van der Waals surface area contributed by atoms with E-state index in [1.165, 1.54) is 0 Å². The van der Waals surface area contributed by atoms with E-state index in [1.807, 2.05) is 18.5 Å². The summed E-state index contributed by atoms with van der Waals surface area (Å²) in [6, 6.07) is 1.80. The third-order valence-electron chi connectivity index (χ3n) is 5.35. The number of aliphatic hydroxyl groups is 1. The molecule has 3 heterocycles. The van der Waals surface area contributed by atoms with Gasteiger partial charge in [-0.3, -0.25) is 4.40 Å². The molecular weight excluding hydrogens is 380 g/mol. The highest BCUT2D eigenvalue weighted by molar-refractivity contribution is 7.87. The fraction of sp³-hybridized carbons (Fsp3) is 0.556. The summed E-state index contributed by atoms with van der Waals surface area (Å²) in [5, 5.41) is 9.75. The Morgan fingerprint density at radius 2 is 2.11 bits per heavy atom. The van der Waals surface area contributed by atoms with Crippen molar-refractivity contribution in [2.24, 2.45) is 5.92 Å². The van der Waals surface area contributed by atoms with Crippen molar-refractivity contribution in [3.05, 3.63) is 30.4 Å². The molecule has 10 heteroatoms. The molecule has 0 bridgehead atoms. The first-order chi connectivity index (χ1) is 13.1. The molecule has 4 rings (SSSR count). The maximum absolute atomic E-state index is 12.3. The van der Waals surface area contributed by atoms with Crippen LogP contribution >= 0.6 is 0 Å². The lowest BCUT2D eigenvalue weighted by Crippen LogP contribution is -2.46. The normalized spacial score (nSPS) is 23.8. The van der Waals surface area contributed by atoms with E-state index < -0.39 is 15.8 Å². The summed E-state index contributed by atoms with van der Waals surface area (Å²) in [7, 11) is -3.68. The number of hydrogen-bond donors (Lipinski definition) is 4. The number of imidazole rings is 1. The van der Waals surface area contributed by atoms with Crippen LogP contribution in [-0.4, -0.2) is 51.1 Å². The van der Waals surface area contributed by atoms with Crippen molar-refractivity contribution in [1.82, 2.24) is 28.8 Å². The van der Waals surface area contributed by atoms with Gasteiger partial charge in [0.1, 0.15) is 0 Å². The number of nitrogens with one attached hydrogen (secondary N) is 3. The van der Waals surface area contributed by atoms with Gasteiger partial charge in [0.15, 0.2) is 11.3 Å². The van der Waals surface area contributed by atoms with Crippen molar-refractivity contribution in [3.63, 3.8) is 0 Å². The van der Waals surface area contributed by atoms with Gasteiger partial charge < -0.3 is 10.1 Å². The highest BCUT2D eigenvalue weighted by Crippen LogP contribution is 2.40. The first kappa shape index (κ1) is 19.3. The second-order valence-corrected chi connectivity index (χ2v) is 9.88. The lowest BCUT2D eigenvalue weighted by molar-refractivity contribution is 0.0856. The molecule has 0 amide bonds. The van der Waals surface area contributed by atoms with Crippen LogP contribution in [0.2, 0.25) is 0 Å². The number of rotatable bonds is 6. The average Bonchev–Trinajstić information content (AvgIpc) is 3.29. The second kappa shape index (κ2) is 6.80. The Bertz CT molecular complexity index is 1100. The molecular formula is C18H26N6O3S. The van der Waals surface area contributed by atoms with Crippen LogP contribution in [0.25, 0.3) is 16.8 Å². The summed E-state index contributed by atoms with van der Waals surface area (Å²) in [6.07, 6.45) is 6.89. The topological polar surface area (TPSA) is 124 Å². The standard InChI is InChI=1S/C18H26N6O3S/c1-11-6-12(23-28(26,27)22-10-18(2,3)25)7-13(11)15-8-20-16-9-21-17-14(24(15)16)4-5-19-17/h4-5,8-9,11-13,19,22-23,25H,6-7,10H2,1-3H3/t11-,12?,13+/m1/s1. The van der Waals surface area contributed by atoms with Crippen molar-refractivity contribution in [1.29, 1.82) is 0 Å². The summed E-state index contributed by atoms with van der Waals surface area (Å²) in [5.41, 5.74) is 2.51. The van der Waals surface area contributed by atoms with Gasteiger partial charge in [-0.2, -0.15) is 17.9 Å². The van der Waals surface area contributed by atoms with Gasteiger partial charge in [-0.05, 0) is 38.7 Å². The van der Waals surface area contributed by atoms with Gasteiger partial charge in [-0.25, -0.2) is 9.97 Å². The van der Waals surface area contributed by atoms with Crippen molar-refractivity contribution < 1.29 is 13.5 Å². The number of aromatic amines is 1. The van der Waals surface area contributed by atoms with Crippen LogP contribution in [0, 0.1) is 5.92 Å². The number of aromatic nitrogens is 4. The molecule has 0 spiro atoms. The van der Waals surface area contributed by atoms with Gasteiger partial charge in [0, 0.05) is 36.6 Å². The zero-order chi connectivity index (χ0) is 20.1. The Balaban J connectivity index is 1.55. The molecule has 0 radical (unpaired) electrons. The van der Waals surface area contributed by atoms with Gasteiger partial charge in [-0.1, -0.05) is 6.92 Å². The molecule has 1 unspecified atom stereocenters. The summed E-state index contributed by atoms with van der Waals surface area (Å²) in [5.74, 6) is 0.474. The highest BCUT2D eigenvalue weighted by atomic mass is 32.2. The van der Waals surface area contributed by atoms with Crippen molar-refractivity contribution in [2.45, 2.75) is 51.2 Å². The monoisotopic (exact) mass is 406 g/mol. The molecule has 1 aliphatic rings. The van der Waals surface area contributed by atoms with Crippen LogP contribution in [0.3, 0.4) is 0 Å². The van der Waals surface area contributed by atoms with Crippen LogP contribution < -0.4 is 9.44 Å². The van der Waals surface area contributed by atoms with Crippen molar-refractivity contribution in [2.75, 3.05) is 6.54 Å². The quantitative estimate of drug-likeness (QED) is 0.491. The van der Waals surface area contributed by atoms with E-state index in [1.54, 1.807) is 20.0 Å². The zero-order valence-corrected chi connectivity index (χ0v) is 17.0. The van der Waals surface area contributed by atoms with Gasteiger partial charge >= 0.3 is 0 Å². The Hall–Kier alpha value is -2.01. The fourth-order valence-corrected chi connectivity index (χ4v) is 5.30. The Morgan fingerprint density at radius 3 is 2.86 bits per heavy atom. The second-order valence-electron chi connectivity index (χ2n) is 8.35. The van der Waals surface area contributed by atoms with Crippen LogP contribution in [0.1, 0.15) is 45.2 Å². The number of nitrogens with zero attached hydrogens (tertiary/aromatic N) is 3. The maximum atomic E-state index is 12.3. The molecule has 0 aromatic carbocycles. The Labute approximate surface area is 163 Å². The minimum Gasteiger partial charge on any atom is -0.389 e. The molecule has 3 atom stereocenters. The van der Waals surface area contributed by atoms with E-state index in [-0.39, 0.29) is 18.5 Å². The summed E-state index contributed by atoms with van der Waals surface area (Å²) >= 11 is 0. The first-order valence-electron chi connectivity index (χ1n) is 9.42. The van der Waals surface area contributed by atoms with E-state index >= 15 is 0 Å². The molecule has 4 N–H and O–H groups in total. The van der Waals surface area contributed by atoms with Crippen molar-refractivity contribution in [3.8, 4) is 0 Å². The lowest BCUT2D eigenvalue weighted by atomic mass is 9.95. The SMILES string of the molecule is C[C@@H]1CC(NS(=O)(=O)NCC(C)(C)O)C[C@@H]1c1cnc2cnc3[nH]ccc3n12. The van der Waals surface area contributed by atoms with E-state index in [2.05, 4.69) is 35.7 Å². The third-order valence-corrected chi connectivity index (χ3v) is 6.52. The highest BCUT2D eigenvalue weighted by Gasteiger charge is 2.36. The lowest BCUT2D eigenvalue weighted by Gasteiger charge is -2.19. The van der Waals surface area contributed by atoms with Gasteiger partial charge in [0.2, 0.25) is 0 Å². The zero-order valence-electron chi connectivity index (χ0n) is 16.2. The van der Waals surface area contributed by atoms with Crippen LogP contribution in [-0.2, 0) is 10.2 Å². The third kappa shape index (κ3) is 3.77. The van der Waals surface area contributed by atoms with E-state index in [4.69, 9.17) is 0 Å². The summed E-state index contributed by atoms with van der Waals surface area (Å²) in [4.78, 5) is 12.0. The molecule has 9 nitrogen and oxygen atoms in total. The molecule has 1 fully saturated rings. The predicted octanol–water partition coefficient (Wildman–Crippen LogP) is 1.29. The van der Waals surface area contributed by atoms with Gasteiger partial charge in [0.05, 0.1) is 17.3 Å². The summed E-state index contributed by atoms with van der Waals surface area (Å²) < 4.78 is 31.9. The molecule has 1 saturated carbocycles. The molecule has 0 saturated heterocycles. The Morgan fingerprint density at radius 1 is 1.32 bits per heavy atom. The first-order valence-corrected chi connectivity index (χ1v) is 10.9. The molecule has 152 valence electrons. The average molecular weight is 407 g/mol. The molecule has 1 aliphatic carbocycles. The molecule has 3 aromatic heterocycles. The molecule has 28 heavy (non-hydrogen) atoms.